The molecule has 0 saturated carbocycles. The Morgan fingerprint density at radius 1 is 1.17 bits per heavy atom. The Labute approximate surface area is 216 Å². The molecule has 4 rings (SSSR count). The average Bonchev–Trinajstić information content (AvgIpc) is 2.98. The maximum Gasteiger partial charge on any atom is 0.417 e. The number of nitrogens with zero attached hydrogens (tertiary/aromatic N) is 2. The fraction of sp³-hybridized carbons (Fsp3) is 0.444. The minimum atomic E-state index is -0.919. The van der Waals surface area contributed by atoms with Crippen LogP contribution in [0.1, 0.15) is 57.7 Å². The predicted molar refractivity (Wildman–Crippen MR) is 136 cm³/mol. The van der Waals surface area contributed by atoms with Gasteiger partial charge in [0.25, 0.3) is 0 Å². The van der Waals surface area contributed by atoms with Gasteiger partial charge in [0.1, 0.15) is 11.4 Å². The number of ether oxygens (including phenoxy) is 2. The fourth-order valence-corrected chi connectivity index (χ4v) is 5.87. The smallest absolute Gasteiger partial charge is 0.417 e. The summed E-state index contributed by atoms with van der Waals surface area (Å²) in [6.07, 6.45) is 4.89. The van der Waals surface area contributed by atoms with Gasteiger partial charge in [0.05, 0.1) is 17.5 Å². The highest BCUT2D eigenvalue weighted by molar-refractivity contribution is 6.31. The van der Waals surface area contributed by atoms with Gasteiger partial charge in [-0.15, -0.1) is 0 Å². The van der Waals surface area contributed by atoms with Gasteiger partial charge in [0.2, 0.25) is 5.91 Å². The SMILES string of the molecule is COc1ccc([C@@H]2C=C[C@@]3(C)C(=O)N(C(=O)OC(C)(C)C)[C@H](C)[C@H]3[C@H]2c2ccc(Cl)cn2)c(Cl)c1. The maximum atomic E-state index is 13.7. The van der Waals surface area contributed by atoms with Gasteiger partial charge in [-0.3, -0.25) is 9.78 Å². The zero-order valence-electron chi connectivity index (χ0n) is 20.7. The molecule has 2 aliphatic rings. The lowest BCUT2D eigenvalue weighted by atomic mass is 9.60. The Hall–Kier alpha value is -2.57. The van der Waals surface area contributed by atoms with Crippen LogP contribution in [0.4, 0.5) is 4.79 Å². The van der Waals surface area contributed by atoms with E-state index in [4.69, 9.17) is 32.7 Å². The van der Waals surface area contributed by atoms with Crippen LogP contribution in [0.15, 0.2) is 48.7 Å². The number of halogens is 2. The van der Waals surface area contributed by atoms with Crippen molar-refractivity contribution in [3.05, 3.63) is 70.0 Å². The van der Waals surface area contributed by atoms with Crippen molar-refractivity contribution in [1.82, 2.24) is 9.88 Å². The first-order valence-electron chi connectivity index (χ1n) is 11.6. The van der Waals surface area contributed by atoms with E-state index < -0.39 is 23.2 Å². The second kappa shape index (κ2) is 9.14. The first-order chi connectivity index (χ1) is 16.4. The number of rotatable bonds is 3. The highest BCUT2D eigenvalue weighted by atomic mass is 35.5. The molecule has 8 heteroatoms. The van der Waals surface area contributed by atoms with Crippen LogP contribution in [-0.2, 0) is 9.53 Å². The molecule has 2 heterocycles. The fourth-order valence-electron chi connectivity index (χ4n) is 5.47. The third kappa shape index (κ3) is 4.54. The van der Waals surface area contributed by atoms with Gasteiger partial charge in [-0.25, -0.2) is 9.69 Å². The summed E-state index contributed by atoms with van der Waals surface area (Å²) >= 11 is 12.9. The normalized spacial score (nSPS) is 28.1. The standard InChI is InChI=1S/C27H30Cl2N2O4/c1-15-23-22(21-10-7-16(28)14-30-21)19(18-9-8-17(34-6)13-20(18)29)11-12-27(23,5)24(32)31(15)25(33)35-26(2,3)4/h7-15,19,22-23H,1-6H3/t15-,19+,22-,23+,27-/m1/s1. The molecule has 6 nitrogen and oxygen atoms in total. The number of hydrogen-bond donors (Lipinski definition) is 0. The largest absolute Gasteiger partial charge is 0.497 e. The number of carbonyl (C=O) groups is 2. The molecular formula is C27H30Cl2N2O4. The van der Waals surface area contributed by atoms with Crippen molar-refractivity contribution in [1.29, 1.82) is 0 Å². The Kier molecular flexibility index (Phi) is 6.66. The van der Waals surface area contributed by atoms with Crippen molar-refractivity contribution >= 4 is 35.2 Å². The highest BCUT2D eigenvalue weighted by Crippen LogP contribution is 2.58. The number of allylic oxidation sites excluding steroid dienone is 1. The minimum absolute atomic E-state index is 0.186. The van der Waals surface area contributed by atoms with E-state index in [-0.39, 0.29) is 23.7 Å². The van der Waals surface area contributed by atoms with Crippen molar-refractivity contribution in [3.63, 3.8) is 0 Å². The molecule has 2 aromatic rings. The van der Waals surface area contributed by atoms with E-state index in [2.05, 4.69) is 4.98 Å². The van der Waals surface area contributed by atoms with Gasteiger partial charge >= 0.3 is 6.09 Å². The molecule has 0 radical (unpaired) electrons. The van der Waals surface area contributed by atoms with E-state index in [0.717, 1.165) is 11.3 Å². The molecule has 5 atom stereocenters. The number of carbonyl (C=O) groups excluding carboxylic acids is 2. The third-order valence-corrected chi connectivity index (χ3v) is 7.52. The lowest BCUT2D eigenvalue weighted by molar-refractivity contribution is -0.133. The highest BCUT2D eigenvalue weighted by Gasteiger charge is 2.61. The molecule has 0 spiro atoms. The van der Waals surface area contributed by atoms with E-state index in [9.17, 15) is 9.59 Å². The number of aromatic nitrogens is 1. The lowest BCUT2D eigenvalue weighted by Crippen LogP contribution is -2.43. The van der Waals surface area contributed by atoms with E-state index in [1.807, 2.05) is 44.2 Å². The Morgan fingerprint density at radius 2 is 1.89 bits per heavy atom. The lowest BCUT2D eigenvalue weighted by Gasteiger charge is -2.42. The summed E-state index contributed by atoms with van der Waals surface area (Å²) in [4.78, 5) is 32.7. The summed E-state index contributed by atoms with van der Waals surface area (Å²) in [6.45, 7) is 9.13. The number of likely N-dealkylation sites (tertiary alicyclic amines) is 1. The Bertz CT molecular complexity index is 1170. The van der Waals surface area contributed by atoms with Crippen LogP contribution in [-0.4, -0.2) is 40.6 Å². The number of benzene rings is 1. The molecule has 1 aromatic heterocycles. The Morgan fingerprint density at radius 3 is 2.46 bits per heavy atom. The molecule has 1 aromatic carbocycles. The summed E-state index contributed by atoms with van der Waals surface area (Å²) in [5, 5.41) is 1.08. The zero-order chi connectivity index (χ0) is 25.7. The number of amides is 2. The van der Waals surface area contributed by atoms with Crippen LogP contribution >= 0.6 is 23.2 Å². The molecule has 35 heavy (non-hydrogen) atoms. The van der Waals surface area contributed by atoms with Gasteiger partial charge in [-0.05, 0) is 64.4 Å². The van der Waals surface area contributed by atoms with Crippen LogP contribution in [0, 0.1) is 11.3 Å². The number of hydrogen-bond acceptors (Lipinski definition) is 5. The van der Waals surface area contributed by atoms with E-state index in [0.29, 0.717) is 15.8 Å². The average molecular weight is 517 g/mol. The molecule has 2 amide bonds. The zero-order valence-corrected chi connectivity index (χ0v) is 22.2. The van der Waals surface area contributed by atoms with Gasteiger partial charge in [-0.1, -0.05) is 41.4 Å². The molecule has 0 unspecified atom stereocenters. The van der Waals surface area contributed by atoms with Crippen LogP contribution in [0.5, 0.6) is 5.75 Å². The molecule has 1 aliphatic carbocycles. The monoisotopic (exact) mass is 516 g/mol. The first kappa shape index (κ1) is 25.5. The molecule has 0 N–H and O–H groups in total. The summed E-state index contributed by atoms with van der Waals surface area (Å²) in [6, 6.07) is 8.82. The maximum absolute atomic E-state index is 13.7. The van der Waals surface area contributed by atoms with E-state index in [1.165, 1.54) is 4.90 Å². The topological polar surface area (TPSA) is 68.7 Å². The van der Waals surface area contributed by atoms with Crippen molar-refractivity contribution < 1.29 is 19.1 Å². The second-order valence-corrected chi connectivity index (χ2v) is 11.2. The summed E-state index contributed by atoms with van der Waals surface area (Å²) < 4.78 is 10.9. The summed E-state index contributed by atoms with van der Waals surface area (Å²) in [5.41, 5.74) is 0.0238. The molecular weight excluding hydrogens is 487 g/mol. The van der Waals surface area contributed by atoms with Crippen LogP contribution in [0.2, 0.25) is 10.0 Å². The van der Waals surface area contributed by atoms with Crippen molar-refractivity contribution in [2.75, 3.05) is 7.11 Å². The molecule has 186 valence electrons. The van der Waals surface area contributed by atoms with Gasteiger partial charge in [0, 0.05) is 40.7 Å². The second-order valence-electron chi connectivity index (χ2n) is 10.4. The molecule has 1 saturated heterocycles. The van der Waals surface area contributed by atoms with E-state index >= 15 is 0 Å². The van der Waals surface area contributed by atoms with Crippen LogP contribution in [0.25, 0.3) is 0 Å². The van der Waals surface area contributed by atoms with Gasteiger partial charge < -0.3 is 9.47 Å². The van der Waals surface area contributed by atoms with Gasteiger partial charge in [-0.2, -0.15) is 0 Å². The van der Waals surface area contributed by atoms with E-state index in [1.54, 1.807) is 46.2 Å². The number of imide groups is 1. The van der Waals surface area contributed by atoms with Crippen molar-refractivity contribution in [3.8, 4) is 5.75 Å². The van der Waals surface area contributed by atoms with Crippen molar-refractivity contribution in [2.24, 2.45) is 11.3 Å². The Balaban J connectivity index is 1.85. The minimum Gasteiger partial charge on any atom is -0.497 e. The number of fused-ring (bicyclic) bond motifs is 1. The third-order valence-electron chi connectivity index (χ3n) is 6.97. The summed E-state index contributed by atoms with van der Waals surface area (Å²) in [7, 11) is 1.59. The predicted octanol–water partition coefficient (Wildman–Crippen LogP) is 6.62. The molecule has 1 fully saturated rings. The first-order valence-corrected chi connectivity index (χ1v) is 12.3. The summed E-state index contributed by atoms with van der Waals surface area (Å²) in [5.74, 6) is -0.332. The van der Waals surface area contributed by atoms with Crippen molar-refractivity contribution in [2.45, 2.75) is 58.1 Å². The quantitative estimate of drug-likeness (QED) is 0.428. The molecule has 0 bridgehead atoms. The van der Waals surface area contributed by atoms with Crippen LogP contribution < -0.4 is 4.74 Å². The number of pyridine rings is 1. The molecule has 1 aliphatic heterocycles. The van der Waals surface area contributed by atoms with Crippen LogP contribution in [0.3, 0.4) is 0 Å². The van der Waals surface area contributed by atoms with Gasteiger partial charge in [0.15, 0.2) is 0 Å². The number of methoxy groups -OCH3 is 1.